The first-order chi connectivity index (χ1) is 18.0. The average Bonchev–Trinajstić information content (AvgIpc) is 3.22. The van der Waals surface area contributed by atoms with Crippen molar-refractivity contribution in [2.24, 2.45) is 5.73 Å². The number of carbonyl (C=O) groups excluding carboxylic acids is 2. The molecule has 7 heteroatoms. The minimum absolute atomic E-state index is 0.201. The number of benzene rings is 3. The summed E-state index contributed by atoms with van der Waals surface area (Å²) < 4.78 is 13.3. The third-order valence-electron chi connectivity index (χ3n) is 6.79. The van der Waals surface area contributed by atoms with Gasteiger partial charge in [-0.25, -0.2) is 4.79 Å². The van der Waals surface area contributed by atoms with Gasteiger partial charge in [-0.2, -0.15) is 0 Å². The summed E-state index contributed by atoms with van der Waals surface area (Å²) in [4.78, 5) is 27.2. The van der Waals surface area contributed by atoms with Crippen LogP contribution in [0.3, 0.4) is 0 Å². The van der Waals surface area contributed by atoms with E-state index in [1.54, 1.807) is 6.92 Å². The molecule has 1 amide bonds. The Morgan fingerprint density at radius 1 is 0.919 bits per heavy atom. The van der Waals surface area contributed by atoms with Gasteiger partial charge in [0.2, 0.25) is 5.91 Å². The standard InChI is InChI=1S/C30H31N3O4/c1-2-36-27(34)20-37-26-15-9-14-24-29(26)28-23(30(31)35)18-32(16-21-10-5-3-6-11-21)19-25(28)33(24)17-22-12-7-4-8-13-22/h3-15,23H,2,16-20H2,1H3,(H2,31,35). The average molecular weight is 498 g/mol. The highest BCUT2D eigenvalue weighted by Crippen LogP contribution is 2.42. The molecule has 1 aliphatic heterocycles. The third-order valence-corrected chi connectivity index (χ3v) is 6.79. The van der Waals surface area contributed by atoms with E-state index >= 15 is 0 Å². The topological polar surface area (TPSA) is 86.8 Å². The number of ether oxygens (including phenoxy) is 2. The lowest BCUT2D eigenvalue weighted by Crippen LogP contribution is -2.39. The number of rotatable bonds is 9. The quantitative estimate of drug-likeness (QED) is 0.350. The second-order valence-corrected chi connectivity index (χ2v) is 9.29. The van der Waals surface area contributed by atoms with Crippen molar-refractivity contribution in [3.05, 3.63) is 101 Å². The van der Waals surface area contributed by atoms with Gasteiger partial charge >= 0.3 is 5.97 Å². The van der Waals surface area contributed by atoms with Crippen molar-refractivity contribution >= 4 is 22.8 Å². The van der Waals surface area contributed by atoms with Gasteiger partial charge in [-0.3, -0.25) is 9.69 Å². The fraction of sp³-hybridized carbons (Fsp3) is 0.267. The molecule has 190 valence electrons. The molecule has 5 rings (SSSR count). The van der Waals surface area contributed by atoms with Gasteiger partial charge in [-0.1, -0.05) is 66.7 Å². The summed E-state index contributed by atoms with van der Waals surface area (Å²) in [7, 11) is 0. The summed E-state index contributed by atoms with van der Waals surface area (Å²) in [5.74, 6) is -0.772. The van der Waals surface area contributed by atoms with E-state index in [1.807, 2.05) is 54.6 Å². The molecule has 0 spiro atoms. The molecule has 1 aromatic heterocycles. The van der Waals surface area contributed by atoms with Crippen LogP contribution in [0.4, 0.5) is 0 Å². The van der Waals surface area contributed by atoms with Crippen molar-refractivity contribution in [2.45, 2.75) is 32.5 Å². The number of hydrogen-bond acceptors (Lipinski definition) is 5. The van der Waals surface area contributed by atoms with Crippen LogP contribution in [0.1, 0.15) is 35.2 Å². The second kappa shape index (κ2) is 10.9. The van der Waals surface area contributed by atoms with E-state index in [9.17, 15) is 9.59 Å². The van der Waals surface area contributed by atoms with Crippen LogP contribution in [0.5, 0.6) is 5.75 Å². The largest absolute Gasteiger partial charge is 0.481 e. The normalized spacial score (nSPS) is 15.3. The lowest BCUT2D eigenvalue weighted by Gasteiger charge is -2.33. The Labute approximate surface area is 216 Å². The minimum atomic E-state index is -0.515. The van der Waals surface area contributed by atoms with Gasteiger partial charge < -0.3 is 19.8 Å². The molecule has 7 nitrogen and oxygen atoms in total. The van der Waals surface area contributed by atoms with Crippen LogP contribution in [0.25, 0.3) is 10.9 Å². The number of nitrogens with zero attached hydrogens (tertiary/aromatic N) is 2. The Morgan fingerprint density at radius 3 is 2.24 bits per heavy atom. The minimum Gasteiger partial charge on any atom is -0.481 e. The third kappa shape index (κ3) is 5.22. The SMILES string of the molecule is CCOC(=O)COc1cccc2c1c1c(n2Cc2ccccc2)CN(Cc2ccccc2)CC1C(N)=O. The smallest absolute Gasteiger partial charge is 0.344 e. The van der Waals surface area contributed by atoms with E-state index in [4.69, 9.17) is 15.2 Å². The molecule has 2 N–H and O–H groups in total. The number of esters is 1. The van der Waals surface area contributed by atoms with Crippen LogP contribution >= 0.6 is 0 Å². The molecule has 0 fully saturated rings. The number of hydrogen-bond donors (Lipinski definition) is 1. The van der Waals surface area contributed by atoms with E-state index in [0.29, 0.717) is 31.9 Å². The number of aromatic nitrogens is 1. The number of amides is 1. The van der Waals surface area contributed by atoms with Crippen LogP contribution in [-0.4, -0.2) is 41.1 Å². The lowest BCUT2D eigenvalue weighted by atomic mass is 9.90. The molecular formula is C30H31N3O4. The number of carbonyl (C=O) groups is 2. The van der Waals surface area contributed by atoms with Crippen molar-refractivity contribution in [2.75, 3.05) is 19.8 Å². The van der Waals surface area contributed by atoms with Crippen LogP contribution in [0.2, 0.25) is 0 Å². The maximum absolute atomic E-state index is 12.9. The van der Waals surface area contributed by atoms with E-state index < -0.39 is 11.9 Å². The van der Waals surface area contributed by atoms with E-state index in [-0.39, 0.29) is 19.1 Å². The van der Waals surface area contributed by atoms with Gasteiger partial charge in [-0.15, -0.1) is 0 Å². The van der Waals surface area contributed by atoms with E-state index in [2.05, 4.69) is 33.7 Å². The molecule has 2 heterocycles. The first-order valence-electron chi connectivity index (χ1n) is 12.6. The van der Waals surface area contributed by atoms with Gasteiger partial charge in [0.15, 0.2) is 6.61 Å². The summed E-state index contributed by atoms with van der Waals surface area (Å²) >= 11 is 0. The summed E-state index contributed by atoms with van der Waals surface area (Å²) in [5.41, 5.74) is 11.2. The molecule has 0 saturated heterocycles. The Morgan fingerprint density at radius 2 is 1.59 bits per heavy atom. The van der Waals surface area contributed by atoms with E-state index in [0.717, 1.165) is 27.7 Å². The molecule has 0 aliphatic carbocycles. The summed E-state index contributed by atoms with van der Waals surface area (Å²) in [6, 6.07) is 26.2. The van der Waals surface area contributed by atoms with Crippen molar-refractivity contribution in [1.82, 2.24) is 9.47 Å². The van der Waals surface area contributed by atoms with Crippen LogP contribution in [0.15, 0.2) is 78.9 Å². The molecule has 0 saturated carbocycles. The van der Waals surface area contributed by atoms with Crippen LogP contribution < -0.4 is 10.5 Å². The maximum atomic E-state index is 12.9. The molecule has 0 bridgehead atoms. The highest BCUT2D eigenvalue weighted by atomic mass is 16.6. The predicted octanol–water partition coefficient (Wildman–Crippen LogP) is 4.22. The number of fused-ring (bicyclic) bond motifs is 3. The maximum Gasteiger partial charge on any atom is 0.344 e. The predicted molar refractivity (Wildman–Crippen MR) is 142 cm³/mol. The van der Waals surface area contributed by atoms with Crippen molar-refractivity contribution in [1.29, 1.82) is 0 Å². The van der Waals surface area contributed by atoms with Crippen molar-refractivity contribution in [3.63, 3.8) is 0 Å². The Hall–Kier alpha value is -4.10. The fourth-order valence-electron chi connectivity index (χ4n) is 5.22. The summed E-state index contributed by atoms with van der Waals surface area (Å²) in [6.45, 7) is 4.36. The number of primary amides is 1. The Bertz CT molecular complexity index is 1400. The molecule has 3 aromatic carbocycles. The summed E-state index contributed by atoms with van der Waals surface area (Å²) in [5, 5.41) is 0.834. The summed E-state index contributed by atoms with van der Waals surface area (Å²) in [6.07, 6.45) is 0. The molecule has 4 aromatic rings. The van der Waals surface area contributed by atoms with Crippen LogP contribution in [0, 0.1) is 0 Å². The zero-order chi connectivity index (χ0) is 25.8. The zero-order valence-corrected chi connectivity index (χ0v) is 20.9. The molecular weight excluding hydrogens is 466 g/mol. The second-order valence-electron chi connectivity index (χ2n) is 9.29. The monoisotopic (exact) mass is 497 g/mol. The first kappa shape index (κ1) is 24.6. The molecule has 37 heavy (non-hydrogen) atoms. The van der Waals surface area contributed by atoms with Crippen molar-refractivity contribution < 1.29 is 19.1 Å². The molecule has 1 atom stereocenters. The zero-order valence-electron chi connectivity index (χ0n) is 20.9. The molecule has 1 unspecified atom stereocenters. The number of nitrogens with two attached hydrogens (primary N) is 1. The first-order valence-corrected chi connectivity index (χ1v) is 12.6. The van der Waals surface area contributed by atoms with E-state index in [1.165, 1.54) is 5.56 Å². The highest BCUT2D eigenvalue weighted by molar-refractivity contribution is 5.97. The highest BCUT2D eigenvalue weighted by Gasteiger charge is 2.35. The lowest BCUT2D eigenvalue weighted by molar-refractivity contribution is -0.145. The Kier molecular flexibility index (Phi) is 7.23. The molecule has 1 aliphatic rings. The van der Waals surface area contributed by atoms with Crippen LogP contribution in [-0.2, 0) is 34.0 Å². The molecule has 0 radical (unpaired) electrons. The van der Waals surface area contributed by atoms with Gasteiger partial charge in [0.05, 0.1) is 18.0 Å². The van der Waals surface area contributed by atoms with Gasteiger partial charge in [0.1, 0.15) is 5.75 Å². The Balaban J connectivity index is 1.62. The van der Waals surface area contributed by atoms with Crippen molar-refractivity contribution in [3.8, 4) is 5.75 Å². The van der Waals surface area contributed by atoms with Gasteiger partial charge in [-0.05, 0) is 35.7 Å². The van der Waals surface area contributed by atoms with Gasteiger partial charge in [0.25, 0.3) is 0 Å². The fourth-order valence-corrected chi connectivity index (χ4v) is 5.22. The van der Waals surface area contributed by atoms with Gasteiger partial charge in [0, 0.05) is 37.3 Å².